The number of likely N-dealkylation sites (tertiary alicyclic amines) is 1. The molecule has 3 rings (SSSR count). The lowest BCUT2D eigenvalue weighted by Gasteiger charge is -2.32. The second-order valence-electron chi connectivity index (χ2n) is 13.7. The van der Waals surface area contributed by atoms with Crippen molar-refractivity contribution < 1.29 is 24.3 Å². The molecule has 10 N–H and O–H groups in total. The number of Topliss-reactive ketones (excluding diaryl/α,β-unsaturated/α-hetero) is 2. The summed E-state index contributed by atoms with van der Waals surface area (Å²) in [6.07, 6.45) is 3.30. The van der Waals surface area contributed by atoms with Gasteiger partial charge in [-0.2, -0.15) is 0 Å². The van der Waals surface area contributed by atoms with Gasteiger partial charge in [0.05, 0.1) is 12.1 Å². The van der Waals surface area contributed by atoms with Gasteiger partial charge in [-0.15, -0.1) is 0 Å². The average Bonchev–Trinajstić information content (AvgIpc) is 3.04. The minimum atomic E-state index is -0.855. The first-order valence-electron chi connectivity index (χ1n) is 17.2. The first kappa shape index (κ1) is 39.2. The number of piperidine rings is 1. The molecule has 0 aliphatic carbocycles. The van der Waals surface area contributed by atoms with Crippen LogP contribution in [-0.2, 0) is 32.0 Å². The summed E-state index contributed by atoms with van der Waals surface area (Å²) in [4.78, 5) is 60.3. The van der Waals surface area contributed by atoms with E-state index in [1.165, 1.54) is 0 Å². The number of phenols is 1. The number of hydrogen-bond acceptors (Lipinski definition) is 8. The molecule has 4 atom stereocenters. The highest BCUT2D eigenvalue weighted by Gasteiger charge is 2.33. The Hall–Kier alpha value is -4.29. The lowest BCUT2D eigenvalue weighted by atomic mass is 9.84. The van der Waals surface area contributed by atoms with Crippen LogP contribution < -0.4 is 28.3 Å². The summed E-state index contributed by atoms with van der Waals surface area (Å²) in [6, 6.07) is 11.0. The third-order valence-electron chi connectivity index (χ3n) is 9.62. The Bertz CT molecular complexity index is 1430. The van der Waals surface area contributed by atoms with E-state index in [2.05, 4.69) is 22.3 Å². The summed E-state index contributed by atoms with van der Waals surface area (Å²) in [5.41, 5.74) is 26.1. The van der Waals surface area contributed by atoms with E-state index in [0.29, 0.717) is 32.2 Å². The van der Waals surface area contributed by atoms with Gasteiger partial charge in [0.2, 0.25) is 11.8 Å². The molecule has 2 aromatic rings. The maximum atomic E-state index is 14.2. The molecule has 0 aromatic heterocycles. The van der Waals surface area contributed by atoms with Crippen LogP contribution in [-0.4, -0.2) is 78.1 Å². The van der Waals surface area contributed by atoms with Crippen LogP contribution in [0.15, 0.2) is 47.5 Å². The molecule has 1 aliphatic heterocycles. The summed E-state index contributed by atoms with van der Waals surface area (Å²) in [5.74, 6) is -2.84. The number of aryl methyl sites for hydroxylation is 2. The van der Waals surface area contributed by atoms with Crippen molar-refractivity contribution in [3.63, 3.8) is 0 Å². The van der Waals surface area contributed by atoms with Crippen LogP contribution in [0.1, 0.15) is 67.2 Å². The van der Waals surface area contributed by atoms with Crippen LogP contribution in [0.4, 0.5) is 0 Å². The van der Waals surface area contributed by atoms with Crippen molar-refractivity contribution in [1.82, 2.24) is 10.2 Å². The molecule has 49 heavy (non-hydrogen) atoms. The molecule has 1 fully saturated rings. The Morgan fingerprint density at radius 2 is 1.55 bits per heavy atom. The first-order chi connectivity index (χ1) is 23.2. The summed E-state index contributed by atoms with van der Waals surface area (Å²) in [6.45, 7) is 5.79. The van der Waals surface area contributed by atoms with E-state index in [1.807, 2.05) is 44.2 Å². The standard InChI is InChI=1S/C37H55N7O5/c1-23-16-29(45)17-24(2)30(23)20-28(22-33(46)31(38)10-7-13-42-37(40)41)36(49)43-32(19-26-11-14-44(3)15-12-26)34(47)21-27(35(39)48)18-25-8-5-4-6-9-25/h4-6,8-9,16-17,26-28,31-32,45H,7,10-15,18-22,38H2,1-3H3,(H2,39,48)(H,43,49)(H4,40,41,42)/t27-,28-,31-,32+/m1/s1. The smallest absolute Gasteiger partial charge is 0.224 e. The van der Waals surface area contributed by atoms with Gasteiger partial charge in [-0.05, 0) is 119 Å². The Morgan fingerprint density at radius 3 is 2.14 bits per heavy atom. The molecule has 1 aliphatic rings. The van der Waals surface area contributed by atoms with Crippen molar-refractivity contribution in [3.05, 3.63) is 64.7 Å². The maximum Gasteiger partial charge on any atom is 0.224 e. The maximum absolute atomic E-state index is 14.2. The number of carbonyl (C=O) groups is 4. The van der Waals surface area contributed by atoms with Gasteiger partial charge in [0.25, 0.3) is 0 Å². The van der Waals surface area contributed by atoms with Gasteiger partial charge >= 0.3 is 0 Å². The second kappa shape index (κ2) is 19.0. The zero-order chi connectivity index (χ0) is 36.1. The number of amides is 2. The minimum Gasteiger partial charge on any atom is -0.508 e. The predicted octanol–water partition coefficient (Wildman–Crippen LogP) is 2.03. The highest BCUT2D eigenvalue weighted by molar-refractivity contribution is 5.94. The fraction of sp³-hybridized carbons (Fsp3) is 0.541. The lowest BCUT2D eigenvalue weighted by molar-refractivity contribution is -0.134. The van der Waals surface area contributed by atoms with E-state index < -0.39 is 35.7 Å². The number of hydrogen-bond donors (Lipinski definition) is 6. The molecule has 2 amide bonds. The number of aromatic hydroxyl groups is 1. The molecule has 268 valence electrons. The first-order valence-corrected chi connectivity index (χ1v) is 17.2. The number of nitrogens with zero attached hydrogens (tertiary/aromatic N) is 2. The molecule has 0 spiro atoms. The second-order valence-corrected chi connectivity index (χ2v) is 13.7. The molecular weight excluding hydrogens is 622 g/mol. The zero-order valence-corrected chi connectivity index (χ0v) is 29.2. The number of primary amides is 1. The van der Waals surface area contributed by atoms with Gasteiger partial charge < -0.3 is 38.3 Å². The van der Waals surface area contributed by atoms with Crippen molar-refractivity contribution in [2.24, 2.45) is 45.7 Å². The number of aliphatic imine (C=N–C) groups is 1. The number of phenolic OH excluding ortho intramolecular Hbond substituents is 1. The molecule has 12 heteroatoms. The lowest BCUT2D eigenvalue weighted by Crippen LogP contribution is -2.48. The van der Waals surface area contributed by atoms with Gasteiger partial charge in [0, 0.05) is 31.2 Å². The van der Waals surface area contributed by atoms with Gasteiger partial charge in [-0.3, -0.25) is 24.2 Å². The summed E-state index contributed by atoms with van der Waals surface area (Å²) in [5, 5.41) is 13.1. The number of benzene rings is 2. The Balaban J connectivity index is 1.86. The summed E-state index contributed by atoms with van der Waals surface area (Å²) in [7, 11) is 2.06. The molecule has 2 aromatic carbocycles. The van der Waals surface area contributed by atoms with Crippen LogP contribution in [0, 0.1) is 31.6 Å². The van der Waals surface area contributed by atoms with E-state index in [9.17, 15) is 24.3 Å². The van der Waals surface area contributed by atoms with Crippen LogP contribution in [0.25, 0.3) is 0 Å². The van der Waals surface area contributed by atoms with Gasteiger partial charge in [-0.25, -0.2) is 0 Å². The molecule has 1 saturated heterocycles. The van der Waals surface area contributed by atoms with E-state index in [4.69, 9.17) is 22.9 Å². The molecule has 0 unspecified atom stereocenters. The number of ketones is 2. The quantitative estimate of drug-likeness (QED) is 0.0727. The van der Waals surface area contributed by atoms with E-state index in [1.54, 1.807) is 12.1 Å². The van der Waals surface area contributed by atoms with Crippen LogP contribution in [0.5, 0.6) is 5.75 Å². The van der Waals surface area contributed by atoms with Gasteiger partial charge in [-0.1, -0.05) is 30.3 Å². The van der Waals surface area contributed by atoms with Crippen molar-refractivity contribution in [2.75, 3.05) is 26.7 Å². The Morgan fingerprint density at radius 1 is 0.939 bits per heavy atom. The Labute approximate surface area is 290 Å². The SMILES string of the molecule is Cc1cc(O)cc(C)c1C[C@H](CC(=O)[C@H](N)CCCN=C(N)N)C(=O)N[C@@H](CC1CCN(C)CC1)C(=O)C[C@@H](Cc1ccccc1)C(N)=O. The zero-order valence-electron chi connectivity index (χ0n) is 29.2. The fourth-order valence-corrected chi connectivity index (χ4v) is 6.62. The minimum absolute atomic E-state index is 0.0390. The number of nitrogens with one attached hydrogen (secondary N) is 1. The average molecular weight is 678 g/mol. The largest absolute Gasteiger partial charge is 0.508 e. The predicted molar refractivity (Wildman–Crippen MR) is 192 cm³/mol. The molecular formula is C37H55N7O5. The topological polar surface area (TPSA) is 220 Å². The summed E-state index contributed by atoms with van der Waals surface area (Å²) < 4.78 is 0. The van der Waals surface area contributed by atoms with Crippen molar-refractivity contribution in [2.45, 2.75) is 83.7 Å². The number of guanidine groups is 1. The third-order valence-corrected chi connectivity index (χ3v) is 9.62. The van der Waals surface area contributed by atoms with Crippen LogP contribution in [0.2, 0.25) is 0 Å². The highest BCUT2D eigenvalue weighted by atomic mass is 16.3. The molecule has 1 heterocycles. The molecule has 0 saturated carbocycles. The monoisotopic (exact) mass is 677 g/mol. The van der Waals surface area contributed by atoms with Crippen molar-refractivity contribution in [3.8, 4) is 5.75 Å². The number of nitrogens with two attached hydrogens (primary N) is 4. The highest BCUT2D eigenvalue weighted by Crippen LogP contribution is 2.27. The van der Waals surface area contributed by atoms with Crippen molar-refractivity contribution >= 4 is 29.3 Å². The van der Waals surface area contributed by atoms with Gasteiger partial charge in [0.15, 0.2) is 11.7 Å². The normalized spacial score (nSPS) is 16.2. The molecule has 0 radical (unpaired) electrons. The summed E-state index contributed by atoms with van der Waals surface area (Å²) >= 11 is 0. The van der Waals surface area contributed by atoms with E-state index >= 15 is 0 Å². The number of carbonyl (C=O) groups excluding carboxylic acids is 4. The van der Waals surface area contributed by atoms with Crippen molar-refractivity contribution in [1.29, 1.82) is 0 Å². The van der Waals surface area contributed by atoms with E-state index in [-0.39, 0.29) is 48.5 Å². The molecule has 0 bridgehead atoms. The fourth-order valence-electron chi connectivity index (χ4n) is 6.62. The Kier molecular flexibility index (Phi) is 15.2. The third kappa shape index (κ3) is 12.9. The number of rotatable bonds is 19. The van der Waals surface area contributed by atoms with Gasteiger partial charge in [0.1, 0.15) is 11.5 Å². The van der Waals surface area contributed by atoms with Crippen LogP contribution >= 0.6 is 0 Å². The van der Waals surface area contributed by atoms with E-state index in [0.717, 1.165) is 48.2 Å². The molecule has 12 nitrogen and oxygen atoms in total. The van der Waals surface area contributed by atoms with Crippen LogP contribution in [0.3, 0.4) is 0 Å².